The van der Waals surface area contributed by atoms with Gasteiger partial charge in [-0.1, -0.05) is 32.0 Å². The van der Waals surface area contributed by atoms with Gasteiger partial charge in [-0.3, -0.25) is 9.69 Å². The molecule has 0 radical (unpaired) electrons. The molecule has 1 unspecified atom stereocenters. The fraction of sp³-hybridized carbons (Fsp3) is 0.588. The zero-order chi connectivity index (χ0) is 15.8. The van der Waals surface area contributed by atoms with Gasteiger partial charge in [0.2, 0.25) is 0 Å². The maximum Gasteiger partial charge on any atom is 0.257 e. The van der Waals surface area contributed by atoms with Crippen LogP contribution < -0.4 is 10.1 Å². The monoisotopic (exact) mass is 306 g/mol. The lowest BCUT2D eigenvalue weighted by Gasteiger charge is -2.36. The second kappa shape index (κ2) is 8.76. The number of nitrogens with one attached hydrogen (secondary N) is 1. The van der Waals surface area contributed by atoms with Gasteiger partial charge in [0.25, 0.3) is 5.91 Å². The van der Waals surface area contributed by atoms with Gasteiger partial charge in [-0.05, 0) is 18.1 Å². The molecular formula is C17H26N2O3. The van der Waals surface area contributed by atoms with Crippen LogP contribution in [-0.2, 0) is 9.53 Å². The van der Waals surface area contributed by atoms with E-state index in [0.29, 0.717) is 24.3 Å². The van der Waals surface area contributed by atoms with Crippen LogP contribution in [0.5, 0.6) is 5.75 Å². The molecule has 122 valence electrons. The number of carbonyl (C=O) groups excluding carboxylic acids is 1. The third kappa shape index (κ3) is 5.31. The Morgan fingerprint density at radius 1 is 1.27 bits per heavy atom. The van der Waals surface area contributed by atoms with Crippen molar-refractivity contribution >= 4 is 5.91 Å². The molecular weight excluding hydrogens is 280 g/mol. The first-order valence-corrected chi connectivity index (χ1v) is 7.93. The summed E-state index contributed by atoms with van der Waals surface area (Å²) >= 11 is 0. The Bertz CT molecular complexity index is 444. The topological polar surface area (TPSA) is 50.8 Å². The van der Waals surface area contributed by atoms with Crippen LogP contribution in [0.25, 0.3) is 0 Å². The van der Waals surface area contributed by atoms with E-state index < -0.39 is 0 Å². The van der Waals surface area contributed by atoms with E-state index in [-0.39, 0.29) is 12.5 Å². The Balaban J connectivity index is 1.75. The van der Waals surface area contributed by atoms with Crippen molar-refractivity contribution < 1.29 is 14.3 Å². The summed E-state index contributed by atoms with van der Waals surface area (Å²) in [6, 6.07) is 9.73. The predicted molar refractivity (Wildman–Crippen MR) is 86.0 cm³/mol. The predicted octanol–water partition coefficient (Wildman–Crippen LogP) is 1.54. The van der Waals surface area contributed by atoms with Crippen molar-refractivity contribution in [2.75, 3.05) is 39.5 Å². The zero-order valence-electron chi connectivity index (χ0n) is 13.5. The minimum Gasteiger partial charge on any atom is -0.484 e. The van der Waals surface area contributed by atoms with E-state index in [1.54, 1.807) is 0 Å². The van der Waals surface area contributed by atoms with Gasteiger partial charge in [-0.2, -0.15) is 0 Å². The van der Waals surface area contributed by atoms with E-state index in [1.807, 2.05) is 30.3 Å². The van der Waals surface area contributed by atoms with E-state index >= 15 is 0 Å². The summed E-state index contributed by atoms with van der Waals surface area (Å²) in [5.41, 5.74) is 0. The van der Waals surface area contributed by atoms with E-state index in [0.717, 1.165) is 26.3 Å². The number of rotatable bonds is 7. The molecule has 1 atom stereocenters. The highest BCUT2D eigenvalue weighted by atomic mass is 16.5. The van der Waals surface area contributed by atoms with Gasteiger partial charge in [0.1, 0.15) is 5.75 Å². The van der Waals surface area contributed by atoms with Crippen molar-refractivity contribution in [1.82, 2.24) is 10.2 Å². The average Bonchev–Trinajstić information content (AvgIpc) is 2.55. The Morgan fingerprint density at radius 2 is 1.95 bits per heavy atom. The number of amides is 1. The number of benzene rings is 1. The quantitative estimate of drug-likeness (QED) is 0.830. The maximum absolute atomic E-state index is 11.9. The molecule has 1 aromatic rings. The van der Waals surface area contributed by atoms with Crippen LogP contribution >= 0.6 is 0 Å². The molecule has 0 bridgehead atoms. The Morgan fingerprint density at radius 3 is 2.59 bits per heavy atom. The van der Waals surface area contributed by atoms with Crippen LogP contribution in [0.2, 0.25) is 0 Å². The van der Waals surface area contributed by atoms with Crippen LogP contribution in [-0.4, -0.2) is 56.3 Å². The van der Waals surface area contributed by atoms with Gasteiger partial charge in [0, 0.05) is 25.7 Å². The summed E-state index contributed by atoms with van der Waals surface area (Å²) in [4.78, 5) is 14.3. The van der Waals surface area contributed by atoms with Crippen molar-refractivity contribution in [3.63, 3.8) is 0 Å². The molecule has 1 fully saturated rings. The van der Waals surface area contributed by atoms with E-state index in [1.165, 1.54) is 0 Å². The molecule has 1 heterocycles. The molecule has 0 spiro atoms. The van der Waals surface area contributed by atoms with Gasteiger partial charge < -0.3 is 14.8 Å². The van der Waals surface area contributed by atoms with Gasteiger partial charge in [0.15, 0.2) is 6.61 Å². The number of morpholine rings is 1. The van der Waals surface area contributed by atoms with Crippen LogP contribution in [0, 0.1) is 5.92 Å². The van der Waals surface area contributed by atoms with Crippen molar-refractivity contribution in [3.8, 4) is 5.75 Å². The normalized spacial score (nSPS) is 17.2. The summed E-state index contributed by atoms with van der Waals surface area (Å²) in [6.07, 6.45) is 0. The molecule has 5 heteroatoms. The fourth-order valence-electron chi connectivity index (χ4n) is 2.63. The molecule has 5 nitrogen and oxygen atoms in total. The second-order valence-corrected chi connectivity index (χ2v) is 5.87. The van der Waals surface area contributed by atoms with Crippen LogP contribution in [0.4, 0.5) is 0 Å². The molecule has 1 N–H and O–H groups in total. The molecule has 0 aromatic heterocycles. The first-order valence-electron chi connectivity index (χ1n) is 7.93. The third-order valence-corrected chi connectivity index (χ3v) is 3.91. The molecule has 0 saturated carbocycles. The number of carbonyl (C=O) groups is 1. The van der Waals surface area contributed by atoms with Gasteiger partial charge >= 0.3 is 0 Å². The highest BCUT2D eigenvalue weighted by Crippen LogP contribution is 2.12. The molecule has 22 heavy (non-hydrogen) atoms. The average molecular weight is 306 g/mol. The number of ether oxygens (including phenoxy) is 2. The molecule has 2 rings (SSSR count). The minimum absolute atomic E-state index is 0.0535. The second-order valence-electron chi connectivity index (χ2n) is 5.87. The van der Waals surface area contributed by atoms with Crippen LogP contribution in [0.3, 0.4) is 0 Å². The van der Waals surface area contributed by atoms with Crippen LogP contribution in [0.1, 0.15) is 13.8 Å². The smallest absolute Gasteiger partial charge is 0.257 e. The summed E-state index contributed by atoms with van der Waals surface area (Å²) in [5, 5.41) is 2.99. The lowest BCUT2D eigenvalue weighted by molar-refractivity contribution is -0.123. The first-order chi connectivity index (χ1) is 10.7. The molecule has 0 aliphatic carbocycles. The SMILES string of the molecule is CC(C)C(CNC(=O)COc1ccccc1)N1CCOCC1. The largest absolute Gasteiger partial charge is 0.484 e. The van der Waals surface area contributed by atoms with Gasteiger partial charge in [-0.25, -0.2) is 0 Å². The van der Waals surface area contributed by atoms with Crippen molar-refractivity contribution in [1.29, 1.82) is 0 Å². The summed E-state index contributed by atoms with van der Waals surface area (Å²) in [6.45, 7) is 8.48. The molecule has 1 saturated heterocycles. The Hall–Kier alpha value is -1.59. The number of hydrogen-bond donors (Lipinski definition) is 1. The number of hydrogen-bond acceptors (Lipinski definition) is 4. The van der Waals surface area contributed by atoms with E-state index in [2.05, 4.69) is 24.1 Å². The Labute approximate surface area is 132 Å². The summed E-state index contributed by atoms with van der Waals surface area (Å²) in [7, 11) is 0. The lowest BCUT2D eigenvalue weighted by Crippen LogP contribution is -2.51. The Kier molecular flexibility index (Phi) is 6.68. The molecule has 1 aliphatic heterocycles. The summed E-state index contributed by atoms with van der Waals surface area (Å²) < 4.78 is 10.9. The molecule has 1 aliphatic rings. The number of para-hydroxylation sites is 1. The van der Waals surface area contributed by atoms with Crippen molar-refractivity contribution in [2.24, 2.45) is 5.92 Å². The fourth-order valence-corrected chi connectivity index (χ4v) is 2.63. The zero-order valence-corrected chi connectivity index (χ0v) is 13.5. The molecule has 1 aromatic carbocycles. The maximum atomic E-state index is 11.9. The highest BCUT2D eigenvalue weighted by Gasteiger charge is 2.24. The lowest BCUT2D eigenvalue weighted by atomic mass is 10.0. The standard InChI is InChI=1S/C17H26N2O3/c1-14(2)16(19-8-10-21-11-9-19)12-18-17(20)13-22-15-6-4-3-5-7-15/h3-7,14,16H,8-13H2,1-2H3,(H,18,20). The van der Waals surface area contributed by atoms with Gasteiger partial charge in [0.05, 0.1) is 13.2 Å². The highest BCUT2D eigenvalue weighted by molar-refractivity contribution is 5.77. The molecule has 1 amide bonds. The minimum atomic E-state index is -0.0808. The number of nitrogens with zero attached hydrogens (tertiary/aromatic N) is 1. The van der Waals surface area contributed by atoms with Crippen molar-refractivity contribution in [2.45, 2.75) is 19.9 Å². The third-order valence-electron chi connectivity index (χ3n) is 3.91. The van der Waals surface area contributed by atoms with Gasteiger partial charge in [-0.15, -0.1) is 0 Å². The van der Waals surface area contributed by atoms with E-state index in [4.69, 9.17) is 9.47 Å². The van der Waals surface area contributed by atoms with Crippen LogP contribution in [0.15, 0.2) is 30.3 Å². The van der Waals surface area contributed by atoms with E-state index in [9.17, 15) is 4.79 Å². The first kappa shape index (κ1) is 16.8. The van der Waals surface area contributed by atoms with Crippen molar-refractivity contribution in [3.05, 3.63) is 30.3 Å². The summed E-state index contributed by atoms with van der Waals surface area (Å²) in [5.74, 6) is 1.11.